The van der Waals surface area contributed by atoms with Crippen LogP contribution < -0.4 is 16.6 Å². The Morgan fingerprint density at radius 3 is 2.32 bits per heavy atom. The van der Waals surface area contributed by atoms with E-state index in [4.69, 9.17) is 0 Å². The lowest BCUT2D eigenvalue weighted by atomic mass is 9.86. The second-order valence-corrected chi connectivity index (χ2v) is 12.1. The van der Waals surface area contributed by atoms with E-state index >= 15 is 0 Å². The summed E-state index contributed by atoms with van der Waals surface area (Å²) in [6, 6.07) is 10.7. The largest absolute Gasteiger partial charge is 0.353 e. The van der Waals surface area contributed by atoms with Crippen molar-refractivity contribution >= 4 is 28.7 Å². The van der Waals surface area contributed by atoms with Gasteiger partial charge in [0, 0.05) is 18.1 Å². The molecule has 1 amide bonds. The van der Waals surface area contributed by atoms with Crippen molar-refractivity contribution in [2.75, 3.05) is 11.5 Å². The molecule has 1 saturated carbocycles. The second-order valence-electron chi connectivity index (χ2n) is 10.8. The molecule has 1 aromatic carbocycles. The molecule has 2 aromatic heterocycles. The number of carbonyl (C=O) groups is 1. The van der Waals surface area contributed by atoms with Crippen molar-refractivity contribution in [3.63, 3.8) is 0 Å². The minimum Gasteiger partial charge on any atom is -0.353 e. The van der Waals surface area contributed by atoms with Gasteiger partial charge >= 0.3 is 5.69 Å². The fraction of sp³-hybridized carbons (Fsp3) is 0.517. The molecule has 202 valence electrons. The number of amides is 1. The molecule has 2 aliphatic rings. The van der Waals surface area contributed by atoms with Crippen LogP contribution in [0.4, 0.5) is 4.39 Å². The molecule has 3 heterocycles. The van der Waals surface area contributed by atoms with Gasteiger partial charge in [0.05, 0.1) is 17.5 Å². The number of fused-ring (bicyclic) bond motifs is 1. The standard InChI is InChI=1S/C29H35FN4O3S/c1-18(2)25(19-6-4-3-5-7-19)27(35)32-21-8-10-22(11-9-21)34-28(36)24-16-20(30)17-31-26(24)33(29(34)37)23-12-14-38-15-13-23/h3-7,16-18,21-23,25H,8-15H2,1-2H3,(H,32,35)/t21-,22+,25?. The molecule has 0 radical (unpaired) electrons. The number of thioether (sulfide) groups is 1. The molecule has 0 bridgehead atoms. The smallest absolute Gasteiger partial charge is 0.333 e. The van der Waals surface area contributed by atoms with Crippen molar-refractivity contribution in [1.29, 1.82) is 0 Å². The van der Waals surface area contributed by atoms with Crippen molar-refractivity contribution in [1.82, 2.24) is 19.4 Å². The molecule has 2 fully saturated rings. The molecule has 0 spiro atoms. The Balaban J connectivity index is 1.38. The number of carbonyl (C=O) groups excluding carboxylic acids is 1. The zero-order valence-corrected chi connectivity index (χ0v) is 22.8. The molecule has 38 heavy (non-hydrogen) atoms. The summed E-state index contributed by atoms with van der Waals surface area (Å²) in [5.74, 6) is 1.20. The van der Waals surface area contributed by atoms with Crippen LogP contribution in [0.3, 0.4) is 0 Å². The Hall–Kier alpha value is -2.94. The molecule has 1 aliphatic heterocycles. The maximum absolute atomic E-state index is 14.1. The number of nitrogens with one attached hydrogen (secondary N) is 1. The van der Waals surface area contributed by atoms with E-state index in [1.807, 2.05) is 55.9 Å². The molecule has 1 saturated heterocycles. The maximum atomic E-state index is 14.1. The topological polar surface area (TPSA) is 86.0 Å². The average molecular weight is 539 g/mol. The summed E-state index contributed by atoms with van der Waals surface area (Å²) in [5, 5.41) is 3.38. The van der Waals surface area contributed by atoms with Crippen LogP contribution in [0.5, 0.6) is 0 Å². The van der Waals surface area contributed by atoms with Gasteiger partial charge in [-0.2, -0.15) is 11.8 Å². The Morgan fingerprint density at radius 2 is 1.66 bits per heavy atom. The zero-order valence-electron chi connectivity index (χ0n) is 21.9. The third-order valence-corrected chi connectivity index (χ3v) is 9.04. The Bertz CT molecular complexity index is 1410. The Kier molecular flexibility index (Phi) is 8.02. The number of benzene rings is 1. The van der Waals surface area contributed by atoms with E-state index in [9.17, 15) is 18.8 Å². The monoisotopic (exact) mass is 538 g/mol. The lowest BCUT2D eigenvalue weighted by Gasteiger charge is -2.32. The predicted molar refractivity (Wildman–Crippen MR) is 149 cm³/mol. The van der Waals surface area contributed by atoms with Gasteiger partial charge in [-0.05, 0) is 67.6 Å². The van der Waals surface area contributed by atoms with E-state index in [-0.39, 0.29) is 52.6 Å². The van der Waals surface area contributed by atoms with Gasteiger partial charge in [-0.25, -0.2) is 14.2 Å². The molecule has 7 nitrogen and oxygen atoms in total. The third kappa shape index (κ3) is 5.30. The number of hydrogen-bond acceptors (Lipinski definition) is 5. The highest BCUT2D eigenvalue weighted by Crippen LogP contribution is 2.31. The first kappa shape index (κ1) is 26.7. The van der Waals surface area contributed by atoms with Crippen LogP contribution in [-0.2, 0) is 4.79 Å². The lowest BCUT2D eigenvalue weighted by molar-refractivity contribution is -0.124. The summed E-state index contributed by atoms with van der Waals surface area (Å²) in [4.78, 5) is 44.7. The molecule has 9 heteroatoms. The van der Waals surface area contributed by atoms with Gasteiger partial charge in [0.2, 0.25) is 5.91 Å². The normalized spacial score (nSPS) is 21.5. The fourth-order valence-electron chi connectivity index (χ4n) is 6.07. The molecule has 1 atom stereocenters. The Morgan fingerprint density at radius 1 is 1.00 bits per heavy atom. The minimum absolute atomic E-state index is 0.0107. The highest BCUT2D eigenvalue weighted by atomic mass is 32.2. The summed E-state index contributed by atoms with van der Waals surface area (Å²) in [6.07, 6.45) is 5.22. The first-order valence-corrected chi connectivity index (χ1v) is 14.8. The molecular formula is C29H35FN4O3S. The fourth-order valence-corrected chi connectivity index (χ4v) is 7.15. The van der Waals surface area contributed by atoms with Gasteiger partial charge in [0.1, 0.15) is 11.5 Å². The van der Waals surface area contributed by atoms with Gasteiger partial charge in [0.15, 0.2) is 0 Å². The van der Waals surface area contributed by atoms with Crippen LogP contribution >= 0.6 is 11.8 Å². The van der Waals surface area contributed by atoms with Crippen LogP contribution in [0.15, 0.2) is 52.2 Å². The quantitative estimate of drug-likeness (QED) is 0.487. The van der Waals surface area contributed by atoms with Gasteiger partial charge in [-0.15, -0.1) is 0 Å². The average Bonchev–Trinajstić information content (AvgIpc) is 2.91. The van der Waals surface area contributed by atoms with Crippen LogP contribution in [0.1, 0.15) is 75.9 Å². The number of halogens is 1. The van der Waals surface area contributed by atoms with Gasteiger partial charge < -0.3 is 5.32 Å². The molecule has 3 aromatic rings. The van der Waals surface area contributed by atoms with E-state index in [1.54, 1.807) is 4.57 Å². The first-order chi connectivity index (χ1) is 18.3. The van der Waals surface area contributed by atoms with E-state index in [2.05, 4.69) is 10.3 Å². The van der Waals surface area contributed by atoms with Crippen molar-refractivity contribution in [3.8, 4) is 0 Å². The van der Waals surface area contributed by atoms with Crippen molar-refractivity contribution in [2.45, 2.75) is 76.4 Å². The molecule has 5 rings (SSSR count). The van der Waals surface area contributed by atoms with Gasteiger partial charge in [0.25, 0.3) is 5.56 Å². The summed E-state index contributed by atoms with van der Waals surface area (Å²) in [7, 11) is 0. The zero-order chi connectivity index (χ0) is 26.8. The minimum atomic E-state index is -0.588. The van der Waals surface area contributed by atoms with E-state index in [1.165, 1.54) is 10.6 Å². The highest BCUT2D eigenvalue weighted by molar-refractivity contribution is 7.99. The molecule has 1 unspecified atom stereocenters. The third-order valence-electron chi connectivity index (χ3n) is 7.99. The van der Waals surface area contributed by atoms with Crippen molar-refractivity contribution in [2.24, 2.45) is 5.92 Å². The van der Waals surface area contributed by atoms with Crippen LogP contribution in [0.25, 0.3) is 11.0 Å². The summed E-state index contributed by atoms with van der Waals surface area (Å²) in [6.45, 7) is 4.10. The number of hydrogen-bond donors (Lipinski definition) is 1. The lowest BCUT2D eigenvalue weighted by Crippen LogP contribution is -2.47. The number of aromatic nitrogens is 3. The summed E-state index contributed by atoms with van der Waals surface area (Å²) in [5.41, 5.74) is 0.444. The molecular weight excluding hydrogens is 503 g/mol. The number of pyridine rings is 1. The number of nitrogens with zero attached hydrogens (tertiary/aromatic N) is 3. The predicted octanol–water partition coefficient (Wildman–Crippen LogP) is 4.81. The van der Waals surface area contributed by atoms with E-state index < -0.39 is 11.4 Å². The first-order valence-electron chi connectivity index (χ1n) is 13.6. The second kappa shape index (κ2) is 11.4. The van der Waals surface area contributed by atoms with Gasteiger partial charge in [-0.3, -0.25) is 18.7 Å². The summed E-state index contributed by atoms with van der Waals surface area (Å²) >= 11 is 1.85. The van der Waals surface area contributed by atoms with Crippen LogP contribution in [-0.4, -0.2) is 37.6 Å². The van der Waals surface area contributed by atoms with Crippen LogP contribution in [0.2, 0.25) is 0 Å². The van der Waals surface area contributed by atoms with Crippen LogP contribution in [0, 0.1) is 11.7 Å². The number of rotatable bonds is 6. The molecule has 1 N–H and O–H groups in total. The SMILES string of the molecule is CC(C)C(C(=O)N[C@H]1CC[C@@H](n2c(=O)c3cc(F)cnc3n(C3CCSCC3)c2=O)CC1)c1ccccc1. The summed E-state index contributed by atoms with van der Waals surface area (Å²) < 4.78 is 17.1. The van der Waals surface area contributed by atoms with E-state index in [0.29, 0.717) is 25.7 Å². The molecule has 1 aliphatic carbocycles. The van der Waals surface area contributed by atoms with Crippen molar-refractivity contribution < 1.29 is 9.18 Å². The maximum Gasteiger partial charge on any atom is 0.333 e. The van der Waals surface area contributed by atoms with Crippen molar-refractivity contribution in [3.05, 3.63) is 74.8 Å². The highest BCUT2D eigenvalue weighted by Gasteiger charge is 2.31. The Labute approximate surface area is 225 Å². The van der Waals surface area contributed by atoms with E-state index in [0.717, 1.165) is 36.1 Å². The van der Waals surface area contributed by atoms with Gasteiger partial charge in [-0.1, -0.05) is 44.2 Å².